The normalized spacial score (nSPS) is 19.7. The Kier molecular flexibility index (Phi) is 4.91. The Morgan fingerprint density at radius 3 is 2.58 bits per heavy atom. The molecule has 0 amide bonds. The first kappa shape index (κ1) is 20.4. The van der Waals surface area contributed by atoms with Gasteiger partial charge in [0.1, 0.15) is 11.6 Å². The second-order valence-electron chi connectivity index (χ2n) is 7.11. The maximum atomic E-state index is 13.0. The number of anilines is 1. The van der Waals surface area contributed by atoms with Gasteiger partial charge < -0.3 is 10.5 Å². The van der Waals surface area contributed by atoms with E-state index in [1.165, 1.54) is 25.3 Å². The summed E-state index contributed by atoms with van der Waals surface area (Å²) in [6, 6.07) is 14.6. The highest BCUT2D eigenvalue weighted by Crippen LogP contribution is 2.49. The third-order valence-electron chi connectivity index (χ3n) is 5.43. The molecule has 9 nitrogen and oxygen atoms in total. The van der Waals surface area contributed by atoms with Crippen LogP contribution in [0.25, 0.3) is 0 Å². The number of nitro benzene ring substituents is 1. The van der Waals surface area contributed by atoms with Gasteiger partial charge in [0, 0.05) is 29.9 Å². The molecule has 0 aromatic heterocycles. The molecule has 2 aliphatic heterocycles. The Balaban J connectivity index is 1.96. The number of nitrogens with two attached hydrogens (primary N) is 1. The zero-order valence-electron chi connectivity index (χ0n) is 16.5. The van der Waals surface area contributed by atoms with Gasteiger partial charge in [-0.2, -0.15) is 5.26 Å². The van der Waals surface area contributed by atoms with Crippen LogP contribution >= 0.6 is 0 Å². The van der Waals surface area contributed by atoms with E-state index in [1.807, 2.05) is 6.07 Å². The molecule has 0 saturated heterocycles. The first-order valence-corrected chi connectivity index (χ1v) is 11.0. The topological polar surface area (TPSA) is 140 Å². The van der Waals surface area contributed by atoms with Crippen molar-refractivity contribution in [2.75, 3.05) is 17.8 Å². The minimum atomic E-state index is -3.70. The molecule has 2 aromatic rings. The highest BCUT2D eigenvalue weighted by molar-refractivity contribution is 7.95. The molecule has 0 aliphatic carbocycles. The van der Waals surface area contributed by atoms with Crippen LogP contribution in [-0.4, -0.2) is 26.2 Å². The molecule has 31 heavy (non-hydrogen) atoms. The third kappa shape index (κ3) is 3.29. The van der Waals surface area contributed by atoms with Crippen molar-refractivity contribution in [3.63, 3.8) is 0 Å². The average molecular weight is 438 g/mol. The highest BCUT2D eigenvalue weighted by atomic mass is 32.2. The van der Waals surface area contributed by atoms with E-state index in [2.05, 4.69) is 0 Å². The van der Waals surface area contributed by atoms with Crippen molar-refractivity contribution >= 4 is 21.2 Å². The maximum Gasteiger partial charge on any atom is 0.269 e. The summed E-state index contributed by atoms with van der Waals surface area (Å²) in [5.41, 5.74) is 7.63. The molecule has 0 radical (unpaired) electrons. The van der Waals surface area contributed by atoms with Gasteiger partial charge in [0.15, 0.2) is 9.84 Å². The second kappa shape index (κ2) is 7.45. The van der Waals surface area contributed by atoms with E-state index in [0.29, 0.717) is 22.7 Å². The molecular formula is C21H18N4O5S. The van der Waals surface area contributed by atoms with E-state index in [0.717, 1.165) is 0 Å². The molecule has 0 fully saturated rings. The van der Waals surface area contributed by atoms with Crippen LogP contribution in [0.5, 0.6) is 5.75 Å². The van der Waals surface area contributed by atoms with Crippen molar-refractivity contribution in [2.24, 2.45) is 5.73 Å². The number of non-ortho nitro benzene ring substituents is 1. The van der Waals surface area contributed by atoms with Crippen LogP contribution in [0.4, 0.5) is 11.4 Å². The monoisotopic (exact) mass is 438 g/mol. The largest absolute Gasteiger partial charge is 0.497 e. The Labute approximate surface area is 178 Å². The summed E-state index contributed by atoms with van der Waals surface area (Å²) in [5.74, 6) is -0.407. The van der Waals surface area contributed by atoms with Crippen molar-refractivity contribution in [1.29, 1.82) is 5.26 Å². The fourth-order valence-electron chi connectivity index (χ4n) is 4.04. The van der Waals surface area contributed by atoms with Crippen LogP contribution in [-0.2, 0) is 9.84 Å². The Morgan fingerprint density at radius 2 is 1.97 bits per heavy atom. The molecule has 2 aromatic carbocycles. The SMILES string of the molecule is COc1ccc(N2C(N)=C(C#N)[C@@H](c3cccc([N+](=O)[O-])c3)C3=C2CCS3(=O)=O)cc1. The van der Waals surface area contributed by atoms with Crippen LogP contribution in [0.15, 0.2) is 70.5 Å². The van der Waals surface area contributed by atoms with Crippen molar-refractivity contribution in [3.8, 4) is 11.8 Å². The van der Waals surface area contributed by atoms with Crippen LogP contribution in [0.1, 0.15) is 17.9 Å². The van der Waals surface area contributed by atoms with Gasteiger partial charge in [-0.25, -0.2) is 8.42 Å². The van der Waals surface area contributed by atoms with E-state index >= 15 is 0 Å². The van der Waals surface area contributed by atoms with Crippen molar-refractivity contribution in [3.05, 3.63) is 86.2 Å². The Hall–Kier alpha value is -3.84. The first-order chi connectivity index (χ1) is 14.8. The number of ether oxygens (including phenoxy) is 1. The number of methoxy groups -OCH3 is 1. The summed E-state index contributed by atoms with van der Waals surface area (Å²) in [6.45, 7) is 0. The van der Waals surface area contributed by atoms with Gasteiger partial charge in [0.05, 0.1) is 40.3 Å². The van der Waals surface area contributed by atoms with Gasteiger partial charge in [-0.05, 0) is 29.8 Å². The first-order valence-electron chi connectivity index (χ1n) is 9.32. The molecule has 2 heterocycles. The predicted molar refractivity (Wildman–Crippen MR) is 114 cm³/mol. The Bertz CT molecular complexity index is 1290. The molecule has 2 N–H and O–H groups in total. The average Bonchev–Trinajstić information content (AvgIpc) is 3.07. The van der Waals surface area contributed by atoms with E-state index in [9.17, 15) is 23.8 Å². The molecule has 158 valence electrons. The lowest BCUT2D eigenvalue weighted by atomic mass is 9.87. The van der Waals surface area contributed by atoms with Gasteiger partial charge in [0.25, 0.3) is 5.69 Å². The molecule has 2 aliphatic rings. The van der Waals surface area contributed by atoms with E-state index < -0.39 is 20.7 Å². The third-order valence-corrected chi connectivity index (χ3v) is 7.31. The van der Waals surface area contributed by atoms with Crippen molar-refractivity contribution < 1.29 is 18.1 Å². The van der Waals surface area contributed by atoms with E-state index in [1.54, 1.807) is 35.2 Å². The summed E-state index contributed by atoms with van der Waals surface area (Å²) in [4.78, 5) is 12.3. The molecule has 4 rings (SSSR count). The summed E-state index contributed by atoms with van der Waals surface area (Å²) in [7, 11) is -2.16. The fraction of sp³-hybridized carbons (Fsp3) is 0.190. The molecule has 0 bridgehead atoms. The Morgan fingerprint density at radius 1 is 1.26 bits per heavy atom. The van der Waals surface area contributed by atoms with Crippen molar-refractivity contribution in [1.82, 2.24) is 0 Å². The van der Waals surface area contributed by atoms with Gasteiger partial charge in [-0.1, -0.05) is 12.1 Å². The van der Waals surface area contributed by atoms with Crippen LogP contribution in [0.3, 0.4) is 0 Å². The summed E-state index contributed by atoms with van der Waals surface area (Å²) < 4.78 is 31.2. The zero-order valence-corrected chi connectivity index (χ0v) is 17.3. The molecule has 1 atom stereocenters. The smallest absolute Gasteiger partial charge is 0.269 e. The molecular weight excluding hydrogens is 420 g/mol. The van der Waals surface area contributed by atoms with E-state index in [-0.39, 0.29) is 34.2 Å². The fourth-order valence-corrected chi connectivity index (χ4v) is 5.89. The number of nitro groups is 1. The lowest BCUT2D eigenvalue weighted by Gasteiger charge is -2.35. The zero-order chi connectivity index (χ0) is 22.3. The summed E-state index contributed by atoms with van der Waals surface area (Å²) in [6.07, 6.45) is 0.217. The number of hydrogen-bond acceptors (Lipinski definition) is 8. The molecule has 0 saturated carbocycles. The number of rotatable bonds is 4. The second-order valence-corrected chi connectivity index (χ2v) is 9.19. The standard InChI is InChI=1S/C21H18N4O5S/c1-30-16-7-5-14(6-8-16)24-18-9-10-31(28,29)20(18)19(17(12-22)21(24)23)13-3-2-4-15(11-13)25(26)27/h2-8,11,19H,9-10,23H2,1H3/t19-/m1/s1. The number of allylic oxidation sites excluding steroid dienone is 3. The van der Waals surface area contributed by atoms with Crippen molar-refractivity contribution in [2.45, 2.75) is 12.3 Å². The predicted octanol–water partition coefficient (Wildman–Crippen LogP) is 2.93. The minimum absolute atomic E-state index is 0.0283. The molecule has 0 spiro atoms. The van der Waals surface area contributed by atoms with Gasteiger partial charge in [-0.3, -0.25) is 15.0 Å². The van der Waals surface area contributed by atoms with Gasteiger partial charge in [0.2, 0.25) is 0 Å². The lowest BCUT2D eigenvalue weighted by molar-refractivity contribution is -0.384. The van der Waals surface area contributed by atoms with Crippen LogP contribution < -0.4 is 15.4 Å². The van der Waals surface area contributed by atoms with Crippen LogP contribution in [0.2, 0.25) is 0 Å². The molecule has 0 unspecified atom stereocenters. The van der Waals surface area contributed by atoms with Gasteiger partial charge >= 0.3 is 0 Å². The molecule has 10 heteroatoms. The maximum absolute atomic E-state index is 13.0. The van der Waals surface area contributed by atoms with E-state index in [4.69, 9.17) is 10.5 Å². The summed E-state index contributed by atoms with van der Waals surface area (Å²) >= 11 is 0. The number of benzene rings is 2. The number of sulfone groups is 1. The number of hydrogen-bond donors (Lipinski definition) is 1. The number of nitriles is 1. The highest BCUT2D eigenvalue weighted by Gasteiger charge is 2.45. The lowest BCUT2D eigenvalue weighted by Crippen LogP contribution is -2.34. The summed E-state index contributed by atoms with van der Waals surface area (Å²) in [5, 5.41) is 21.2. The van der Waals surface area contributed by atoms with Gasteiger partial charge in [-0.15, -0.1) is 0 Å². The quantitative estimate of drug-likeness (QED) is 0.568. The van der Waals surface area contributed by atoms with Crippen LogP contribution in [0, 0.1) is 21.4 Å². The number of nitrogens with zero attached hydrogens (tertiary/aromatic N) is 3. The minimum Gasteiger partial charge on any atom is -0.497 e.